The van der Waals surface area contributed by atoms with Crippen molar-refractivity contribution in [1.82, 2.24) is 4.98 Å². The Morgan fingerprint density at radius 3 is 2.65 bits per heavy atom. The molecule has 0 unspecified atom stereocenters. The maximum atomic E-state index is 12.3. The van der Waals surface area contributed by atoms with Crippen molar-refractivity contribution in [2.24, 2.45) is 0 Å². The summed E-state index contributed by atoms with van der Waals surface area (Å²) in [7, 11) is 0. The summed E-state index contributed by atoms with van der Waals surface area (Å²) in [4.78, 5) is 17.6. The van der Waals surface area contributed by atoms with E-state index in [1.165, 1.54) is 0 Å². The predicted molar refractivity (Wildman–Crippen MR) is 84.6 cm³/mol. The number of hydrogen-bond donors (Lipinski definition) is 2. The smallest absolute Gasteiger partial charge is 0.259 e. The van der Waals surface area contributed by atoms with E-state index >= 15 is 0 Å². The van der Waals surface area contributed by atoms with Gasteiger partial charge in [0.25, 0.3) is 5.91 Å². The minimum Gasteiger partial charge on any atom is -0.370 e. The molecular weight excluding hydrogens is 270 g/mol. The van der Waals surface area contributed by atoms with Crippen LogP contribution in [0.3, 0.4) is 0 Å². The van der Waals surface area contributed by atoms with Crippen LogP contribution in [0.4, 0.5) is 11.5 Å². The van der Waals surface area contributed by atoms with Gasteiger partial charge in [0.1, 0.15) is 5.82 Å². The van der Waals surface area contributed by atoms with E-state index in [0.29, 0.717) is 11.4 Å². The molecule has 4 nitrogen and oxygen atoms in total. The van der Waals surface area contributed by atoms with E-state index in [1.54, 1.807) is 30.1 Å². The van der Waals surface area contributed by atoms with Crippen molar-refractivity contribution in [1.29, 1.82) is 0 Å². The topological polar surface area (TPSA) is 54.0 Å². The molecule has 0 radical (unpaired) electrons. The zero-order valence-electron chi connectivity index (χ0n) is 11.5. The van der Waals surface area contributed by atoms with E-state index in [9.17, 15) is 4.79 Å². The molecule has 5 heteroatoms. The first-order valence-corrected chi connectivity index (χ1v) is 7.61. The Morgan fingerprint density at radius 1 is 1.25 bits per heavy atom. The van der Waals surface area contributed by atoms with Gasteiger partial charge in [0.15, 0.2) is 0 Å². The van der Waals surface area contributed by atoms with Crippen LogP contribution >= 0.6 is 11.8 Å². The van der Waals surface area contributed by atoms with Crippen LogP contribution in [0.1, 0.15) is 17.3 Å². The Balaban J connectivity index is 2.15. The molecule has 1 aromatic heterocycles. The molecule has 0 aliphatic rings. The van der Waals surface area contributed by atoms with Gasteiger partial charge < -0.3 is 10.6 Å². The van der Waals surface area contributed by atoms with Crippen LogP contribution in [-0.2, 0) is 0 Å². The predicted octanol–water partition coefficient (Wildman–Crippen LogP) is 3.49. The van der Waals surface area contributed by atoms with E-state index in [4.69, 9.17) is 0 Å². The molecule has 2 aromatic rings. The molecule has 0 saturated carbocycles. The Hall–Kier alpha value is -2.01. The Kier molecular flexibility index (Phi) is 5.01. The van der Waals surface area contributed by atoms with Crippen LogP contribution in [-0.4, -0.2) is 23.7 Å². The van der Waals surface area contributed by atoms with Crippen molar-refractivity contribution in [3.05, 3.63) is 48.2 Å². The summed E-state index contributed by atoms with van der Waals surface area (Å²) in [5.41, 5.74) is 1.32. The molecule has 2 N–H and O–H groups in total. The average molecular weight is 287 g/mol. The largest absolute Gasteiger partial charge is 0.370 e. The highest BCUT2D eigenvalue weighted by Gasteiger charge is 2.11. The summed E-state index contributed by atoms with van der Waals surface area (Å²) in [6.07, 6.45) is 3.69. The number of nitrogens with zero attached hydrogens (tertiary/aromatic N) is 1. The number of pyridine rings is 1. The van der Waals surface area contributed by atoms with Crippen LogP contribution in [0.2, 0.25) is 0 Å². The SMILES string of the molecule is CCNc1ncccc1C(=O)Nc1ccc(SC)cc1. The molecule has 1 heterocycles. The van der Waals surface area contributed by atoms with E-state index in [-0.39, 0.29) is 5.91 Å². The Labute approximate surface area is 123 Å². The van der Waals surface area contributed by atoms with Crippen LogP contribution in [0.5, 0.6) is 0 Å². The summed E-state index contributed by atoms with van der Waals surface area (Å²) in [6, 6.07) is 11.3. The number of anilines is 2. The summed E-state index contributed by atoms with van der Waals surface area (Å²) in [6.45, 7) is 2.69. The van der Waals surface area contributed by atoms with Gasteiger partial charge in [0, 0.05) is 23.3 Å². The summed E-state index contributed by atoms with van der Waals surface area (Å²) in [5.74, 6) is 0.444. The van der Waals surface area contributed by atoms with Crippen LogP contribution < -0.4 is 10.6 Å². The number of benzene rings is 1. The van der Waals surface area contributed by atoms with Gasteiger partial charge in [-0.15, -0.1) is 11.8 Å². The quantitative estimate of drug-likeness (QED) is 0.827. The van der Waals surface area contributed by atoms with Gasteiger partial charge in [0.2, 0.25) is 0 Å². The van der Waals surface area contributed by atoms with Gasteiger partial charge >= 0.3 is 0 Å². The molecule has 0 saturated heterocycles. The fraction of sp³-hybridized carbons (Fsp3) is 0.200. The molecule has 1 amide bonds. The number of carbonyl (C=O) groups excluding carboxylic acids is 1. The molecule has 0 spiro atoms. The molecule has 0 aliphatic carbocycles. The second-order valence-corrected chi connectivity index (χ2v) is 4.99. The van der Waals surface area contributed by atoms with Gasteiger partial charge in [0.05, 0.1) is 5.56 Å². The fourth-order valence-corrected chi connectivity index (χ4v) is 2.18. The average Bonchev–Trinajstić information content (AvgIpc) is 2.49. The highest BCUT2D eigenvalue weighted by Crippen LogP contribution is 2.19. The monoisotopic (exact) mass is 287 g/mol. The minimum atomic E-state index is -0.161. The van der Waals surface area contributed by atoms with Crippen LogP contribution in [0.25, 0.3) is 0 Å². The maximum absolute atomic E-state index is 12.3. The minimum absolute atomic E-state index is 0.161. The van der Waals surface area contributed by atoms with Gasteiger partial charge in [-0.25, -0.2) is 4.98 Å². The molecule has 0 atom stereocenters. The molecule has 0 aliphatic heterocycles. The van der Waals surface area contributed by atoms with Crippen LogP contribution in [0.15, 0.2) is 47.5 Å². The summed E-state index contributed by atoms with van der Waals surface area (Å²) in [5, 5.41) is 5.97. The normalized spacial score (nSPS) is 10.1. The summed E-state index contributed by atoms with van der Waals surface area (Å²) < 4.78 is 0. The van der Waals surface area contributed by atoms with Crippen molar-refractivity contribution < 1.29 is 4.79 Å². The molecule has 104 valence electrons. The molecule has 0 fully saturated rings. The lowest BCUT2D eigenvalue weighted by molar-refractivity contribution is 0.102. The molecular formula is C15H17N3OS. The number of aromatic nitrogens is 1. The standard InChI is InChI=1S/C15H17N3OS/c1-3-16-14-13(5-4-10-17-14)15(19)18-11-6-8-12(20-2)9-7-11/h4-10H,3H2,1-2H3,(H,16,17)(H,18,19). The number of rotatable bonds is 5. The van der Waals surface area contributed by atoms with E-state index in [1.807, 2.05) is 37.4 Å². The number of nitrogens with one attached hydrogen (secondary N) is 2. The van der Waals surface area contributed by atoms with E-state index in [0.717, 1.165) is 17.1 Å². The van der Waals surface area contributed by atoms with Crippen molar-refractivity contribution in [2.45, 2.75) is 11.8 Å². The van der Waals surface area contributed by atoms with Crippen molar-refractivity contribution in [3.63, 3.8) is 0 Å². The highest BCUT2D eigenvalue weighted by molar-refractivity contribution is 7.98. The van der Waals surface area contributed by atoms with E-state index in [2.05, 4.69) is 15.6 Å². The lowest BCUT2D eigenvalue weighted by Crippen LogP contribution is -2.15. The first-order chi connectivity index (χ1) is 9.74. The number of amides is 1. The van der Waals surface area contributed by atoms with Crippen LogP contribution in [0, 0.1) is 0 Å². The number of carbonyl (C=O) groups is 1. The third-order valence-corrected chi connectivity index (χ3v) is 3.49. The third kappa shape index (κ3) is 3.51. The van der Waals surface area contributed by atoms with Gasteiger partial charge in [-0.3, -0.25) is 4.79 Å². The van der Waals surface area contributed by atoms with E-state index < -0.39 is 0 Å². The fourth-order valence-electron chi connectivity index (χ4n) is 1.77. The highest BCUT2D eigenvalue weighted by atomic mass is 32.2. The maximum Gasteiger partial charge on any atom is 0.259 e. The van der Waals surface area contributed by atoms with Gasteiger partial charge in [-0.05, 0) is 49.6 Å². The number of hydrogen-bond acceptors (Lipinski definition) is 4. The zero-order chi connectivity index (χ0) is 14.4. The molecule has 2 rings (SSSR count). The molecule has 0 bridgehead atoms. The Morgan fingerprint density at radius 2 is 2.00 bits per heavy atom. The first kappa shape index (κ1) is 14.4. The second-order valence-electron chi connectivity index (χ2n) is 4.11. The van der Waals surface area contributed by atoms with Crippen molar-refractivity contribution >= 4 is 29.2 Å². The van der Waals surface area contributed by atoms with Crippen molar-refractivity contribution in [3.8, 4) is 0 Å². The molecule has 20 heavy (non-hydrogen) atoms. The number of thioether (sulfide) groups is 1. The summed E-state index contributed by atoms with van der Waals surface area (Å²) >= 11 is 1.67. The Bertz CT molecular complexity index is 584. The van der Waals surface area contributed by atoms with Gasteiger partial charge in [-0.2, -0.15) is 0 Å². The zero-order valence-corrected chi connectivity index (χ0v) is 12.3. The second kappa shape index (κ2) is 6.96. The lowest BCUT2D eigenvalue weighted by Gasteiger charge is -2.10. The van der Waals surface area contributed by atoms with Gasteiger partial charge in [-0.1, -0.05) is 0 Å². The lowest BCUT2D eigenvalue weighted by atomic mass is 10.2. The molecule has 1 aromatic carbocycles. The third-order valence-electron chi connectivity index (χ3n) is 2.74. The first-order valence-electron chi connectivity index (χ1n) is 6.39. The van der Waals surface area contributed by atoms with Crippen molar-refractivity contribution in [2.75, 3.05) is 23.4 Å².